The minimum absolute atomic E-state index is 0.102. The van der Waals surface area contributed by atoms with E-state index in [1.807, 2.05) is 59.2 Å². The molecule has 0 unspecified atom stereocenters. The Kier molecular flexibility index (Phi) is 7.93. The molecule has 0 saturated heterocycles. The summed E-state index contributed by atoms with van der Waals surface area (Å²) >= 11 is 1.35. The molecular formula is C26H26FN5OS. The van der Waals surface area contributed by atoms with Crippen molar-refractivity contribution < 1.29 is 9.18 Å². The van der Waals surface area contributed by atoms with Gasteiger partial charge in [-0.25, -0.2) is 4.39 Å². The number of benzene rings is 3. The molecule has 2 N–H and O–H groups in total. The molecule has 174 valence electrons. The summed E-state index contributed by atoms with van der Waals surface area (Å²) in [4.78, 5) is 12.5. The number of rotatable bonds is 10. The quantitative estimate of drug-likeness (QED) is 0.302. The molecule has 4 rings (SSSR count). The van der Waals surface area contributed by atoms with Crippen LogP contribution in [0.5, 0.6) is 0 Å². The zero-order valence-electron chi connectivity index (χ0n) is 18.9. The van der Waals surface area contributed by atoms with Gasteiger partial charge in [-0.15, -0.1) is 10.2 Å². The number of hydrogen-bond acceptors (Lipinski definition) is 5. The number of anilines is 2. The van der Waals surface area contributed by atoms with E-state index in [1.54, 1.807) is 12.1 Å². The highest BCUT2D eigenvalue weighted by molar-refractivity contribution is 7.99. The number of nitrogens with one attached hydrogen (secondary N) is 2. The minimum Gasteiger partial charge on any atom is -0.378 e. The molecule has 0 bridgehead atoms. The molecule has 0 fully saturated rings. The van der Waals surface area contributed by atoms with Crippen molar-refractivity contribution in [2.45, 2.75) is 31.6 Å². The Labute approximate surface area is 202 Å². The van der Waals surface area contributed by atoms with Crippen LogP contribution < -0.4 is 10.6 Å². The maximum atomic E-state index is 13.2. The van der Waals surface area contributed by atoms with Crippen LogP contribution in [0.3, 0.4) is 0 Å². The Bertz CT molecular complexity index is 1210. The van der Waals surface area contributed by atoms with Crippen LogP contribution in [0, 0.1) is 5.82 Å². The van der Waals surface area contributed by atoms with Gasteiger partial charge in [0.25, 0.3) is 0 Å². The second-order valence-electron chi connectivity index (χ2n) is 7.72. The van der Waals surface area contributed by atoms with Crippen molar-refractivity contribution in [3.8, 4) is 0 Å². The molecule has 34 heavy (non-hydrogen) atoms. The Morgan fingerprint density at radius 2 is 1.62 bits per heavy atom. The average Bonchev–Trinajstić information content (AvgIpc) is 3.24. The van der Waals surface area contributed by atoms with Crippen molar-refractivity contribution in [3.05, 3.63) is 102 Å². The third kappa shape index (κ3) is 6.45. The van der Waals surface area contributed by atoms with Crippen LogP contribution in [0.4, 0.5) is 15.8 Å². The second-order valence-corrected chi connectivity index (χ2v) is 8.66. The topological polar surface area (TPSA) is 71.8 Å². The van der Waals surface area contributed by atoms with Gasteiger partial charge < -0.3 is 15.2 Å². The second kappa shape index (κ2) is 11.5. The molecule has 0 aliphatic carbocycles. The molecule has 0 spiro atoms. The first kappa shape index (κ1) is 23.5. The van der Waals surface area contributed by atoms with Crippen LogP contribution in [-0.2, 0) is 24.3 Å². The van der Waals surface area contributed by atoms with Crippen LogP contribution >= 0.6 is 11.8 Å². The van der Waals surface area contributed by atoms with Gasteiger partial charge in [0.1, 0.15) is 5.82 Å². The van der Waals surface area contributed by atoms with E-state index >= 15 is 0 Å². The van der Waals surface area contributed by atoms with Gasteiger partial charge in [-0.05, 0) is 53.9 Å². The Balaban J connectivity index is 1.44. The summed E-state index contributed by atoms with van der Waals surface area (Å²) in [6.07, 6.45) is 0.958. The molecular weight excluding hydrogens is 449 g/mol. The molecule has 0 aliphatic rings. The Morgan fingerprint density at radius 3 is 2.32 bits per heavy atom. The first-order valence-corrected chi connectivity index (χ1v) is 12.1. The van der Waals surface area contributed by atoms with Gasteiger partial charge in [0, 0.05) is 11.4 Å². The largest absolute Gasteiger partial charge is 0.378 e. The molecule has 8 heteroatoms. The smallest absolute Gasteiger partial charge is 0.234 e. The van der Waals surface area contributed by atoms with Crippen molar-refractivity contribution >= 4 is 29.0 Å². The number of nitrogens with zero attached hydrogens (tertiary/aromatic N) is 3. The summed E-state index contributed by atoms with van der Waals surface area (Å²) in [7, 11) is 0. The average molecular weight is 476 g/mol. The zero-order valence-corrected chi connectivity index (χ0v) is 19.7. The van der Waals surface area contributed by atoms with E-state index in [-0.39, 0.29) is 17.5 Å². The molecule has 0 saturated carbocycles. The van der Waals surface area contributed by atoms with E-state index in [0.717, 1.165) is 29.2 Å². The van der Waals surface area contributed by atoms with Crippen molar-refractivity contribution in [1.82, 2.24) is 14.8 Å². The van der Waals surface area contributed by atoms with Crippen LogP contribution in [0.1, 0.15) is 23.9 Å². The summed E-state index contributed by atoms with van der Waals surface area (Å²) in [5, 5.41) is 15.5. The minimum atomic E-state index is -0.281. The fourth-order valence-electron chi connectivity index (χ4n) is 3.38. The van der Waals surface area contributed by atoms with E-state index in [0.29, 0.717) is 18.2 Å². The predicted molar refractivity (Wildman–Crippen MR) is 134 cm³/mol. The molecule has 3 aromatic carbocycles. The summed E-state index contributed by atoms with van der Waals surface area (Å²) in [6, 6.07) is 24.1. The number of thioether (sulfide) groups is 1. The number of carbonyl (C=O) groups is 1. The van der Waals surface area contributed by atoms with Gasteiger partial charge in [0.05, 0.1) is 18.8 Å². The summed E-state index contributed by atoms with van der Waals surface area (Å²) in [5.74, 6) is 0.560. The number of amides is 1. The Hall–Kier alpha value is -3.65. The van der Waals surface area contributed by atoms with Crippen LogP contribution in [0.15, 0.2) is 84.0 Å². The lowest BCUT2D eigenvalue weighted by Gasteiger charge is -2.12. The molecule has 0 radical (unpaired) electrons. The van der Waals surface area contributed by atoms with Gasteiger partial charge in [-0.3, -0.25) is 4.79 Å². The van der Waals surface area contributed by atoms with Gasteiger partial charge in [-0.1, -0.05) is 61.2 Å². The standard InChI is InChI=1S/C26H26FN5OS/c1-2-19-8-12-23(13-9-19)29-25(33)18-34-26-31-30-24(16-28-22-14-10-21(27)11-15-22)32(26)17-20-6-4-3-5-7-20/h3-15,28H,2,16-18H2,1H3,(H,29,33). The molecule has 0 aliphatic heterocycles. The zero-order chi connectivity index (χ0) is 23.8. The molecule has 1 heterocycles. The summed E-state index contributed by atoms with van der Waals surface area (Å²) in [6.45, 7) is 3.10. The van der Waals surface area contributed by atoms with Gasteiger partial charge in [0.2, 0.25) is 5.91 Å². The number of halogens is 1. The van der Waals surface area contributed by atoms with E-state index in [4.69, 9.17) is 0 Å². The third-order valence-electron chi connectivity index (χ3n) is 5.25. The fraction of sp³-hybridized carbons (Fsp3) is 0.192. The SMILES string of the molecule is CCc1ccc(NC(=O)CSc2nnc(CNc3ccc(F)cc3)n2Cc2ccccc2)cc1. The highest BCUT2D eigenvalue weighted by Gasteiger charge is 2.15. The van der Waals surface area contributed by atoms with Crippen molar-refractivity contribution in [2.24, 2.45) is 0 Å². The van der Waals surface area contributed by atoms with Gasteiger partial charge in [-0.2, -0.15) is 0 Å². The van der Waals surface area contributed by atoms with E-state index in [1.165, 1.54) is 29.5 Å². The number of aryl methyl sites for hydroxylation is 1. The highest BCUT2D eigenvalue weighted by atomic mass is 32.2. The highest BCUT2D eigenvalue weighted by Crippen LogP contribution is 2.21. The van der Waals surface area contributed by atoms with Crippen LogP contribution in [-0.4, -0.2) is 26.4 Å². The molecule has 0 atom stereocenters. The third-order valence-corrected chi connectivity index (χ3v) is 6.22. The Morgan fingerprint density at radius 1 is 0.912 bits per heavy atom. The maximum absolute atomic E-state index is 13.2. The normalized spacial score (nSPS) is 10.8. The number of aromatic nitrogens is 3. The number of carbonyl (C=O) groups excluding carboxylic acids is 1. The molecule has 1 aromatic heterocycles. The first-order valence-electron chi connectivity index (χ1n) is 11.1. The lowest BCUT2D eigenvalue weighted by molar-refractivity contribution is -0.113. The number of hydrogen-bond donors (Lipinski definition) is 2. The van der Waals surface area contributed by atoms with E-state index in [2.05, 4.69) is 27.8 Å². The summed E-state index contributed by atoms with van der Waals surface area (Å²) in [5.41, 5.74) is 3.90. The molecule has 1 amide bonds. The van der Waals surface area contributed by atoms with Crippen molar-refractivity contribution in [1.29, 1.82) is 0 Å². The maximum Gasteiger partial charge on any atom is 0.234 e. The van der Waals surface area contributed by atoms with Crippen LogP contribution in [0.2, 0.25) is 0 Å². The lowest BCUT2D eigenvalue weighted by Crippen LogP contribution is -2.15. The first-order chi connectivity index (χ1) is 16.6. The van der Waals surface area contributed by atoms with Gasteiger partial charge in [0.15, 0.2) is 11.0 Å². The lowest BCUT2D eigenvalue weighted by atomic mass is 10.1. The van der Waals surface area contributed by atoms with E-state index in [9.17, 15) is 9.18 Å². The predicted octanol–water partition coefficient (Wildman–Crippen LogP) is 5.37. The molecule has 4 aromatic rings. The van der Waals surface area contributed by atoms with Gasteiger partial charge >= 0.3 is 0 Å². The monoisotopic (exact) mass is 475 g/mol. The van der Waals surface area contributed by atoms with Crippen molar-refractivity contribution in [2.75, 3.05) is 16.4 Å². The fourth-order valence-corrected chi connectivity index (χ4v) is 4.14. The summed E-state index contributed by atoms with van der Waals surface area (Å²) < 4.78 is 15.2. The van der Waals surface area contributed by atoms with Crippen LogP contribution in [0.25, 0.3) is 0 Å². The van der Waals surface area contributed by atoms with E-state index < -0.39 is 0 Å². The molecule has 6 nitrogen and oxygen atoms in total. The van der Waals surface area contributed by atoms with Crippen molar-refractivity contribution in [3.63, 3.8) is 0 Å².